The number of hydrogen-bond acceptors (Lipinski definition) is 3. The number of thioether (sulfide) groups is 1. The lowest BCUT2D eigenvalue weighted by Crippen LogP contribution is -1.92. The van der Waals surface area contributed by atoms with E-state index in [1.165, 1.54) is 23.9 Å². The molecule has 19 heavy (non-hydrogen) atoms. The lowest BCUT2D eigenvalue weighted by Gasteiger charge is -2.09. The van der Waals surface area contributed by atoms with E-state index in [4.69, 9.17) is 4.74 Å². The molecule has 0 N–H and O–H groups in total. The van der Waals surface area contributed by atoms with Gasteiger partial charge in [0.1, 0.15) is 17.9 Å². The van der Waals surface area contributed by atoms with E-state index in [2.05, 4.69) is 0 Å². The molecule has 0 aliphatic rings. The molecule has 2 rings (SSSR count). The number of halogens is 1. The number of ether oxygens (including phenoxy) is 1. The van der Waals surface area contributed by atoms with Gasteiger partial charge in [0.25, 0.3) is 0 Å². The molecular weight excluding hydrogens is 263 g/mol. The molecule has 0 atom stereocenters. The van der Waals surface area contributed by atoms with Crippen molar-refractivity contribution in [2.45, 2.75) is 10.6 Å². The van der Waals surface area contributed by atoms with Crippen LogP contribution < -0.4 is 4.74 Å². The molecule has 0 heterocycles. The number of benzene rings is 2. The average molecular weight is 276 g/mol. The van der Waals surface area contributed by atoms with Gasteiger partial charge in [-0.25, -0.2) is 4.39 Å². The normalized spacial score (nSPS) is 10.2. The summed E-state index contributed by atoms with van der Waals surface area (Å²) >= 11 is 1.50. The van der Waals surface area contributed by atoms with E-state index in [-0.39, 0.29) is 5.82 Å². The van der Waals surface area contributed by atoms with Crippen LogP contribution in [0, 0.1) is 5.82 Å². The van der Waals surface area contributed by atoms with Crippen LogP contribution in [0.1, 0.15) is 15.9 Å². The van der Waals surface area contributed by atoms with Crippen molar-refractivity contribution in [2.24, 2.45) is 0 Å². The number of hydrogen-bond donors (Lipinski definition) is 0. The molecule has 0 fully saturated rings. The molecule has 0 bridgehead atoms. The maximum atomic E-state index is 13.1. The van der Waals surface area contributed by atoms with Crippen molar-refractivity contribution in [1.29, 1.82) is 0 Å². The van der Waals surface area contributed by atoms with Crippen LogP contribution in [0.5, 0.6) is 5.75 Å². The summed E-state index contributed by atoms with van der Waals surface area (Å²) in [5.41, 5.74) is 1.53. The van der Waals surface area contributed by atoms with E-state index >= 15 is 0 Å². The molecule has 2 nitrogen and oxygen atoms in total. The summed E-state index contributed by atoms with van der Waals surface area (Å²) in [6, 6.07) is 11.7. The molecule has 0 amide bonds. The van der Waals surface area contributed by atoms with Crippen molar-refractivity contribution in [1.82, 2.24) is 0 Å². The van der Waals surface area contributed by atoms with Crippen molar-refractivity contribution in [3.8, 4) is 5.75 Å². The van der Waals surface area contributed by atoms with Crippen LogP contribution in [0.3, 0.4) is 0 Å². The van der Waals surface area contributed by atoms with Crippen LogP contribution in [0.15, 0.2) is 47.4 Å². The van der Waals surface area contributed by atoms with E-state index in [0.29, 0.717) is 11.3 Å². The van der Waals surface area contributed by atoms with E-state index < -0.39 is 0 Å². The Labute approximate surface area is 115 Å². The maximum Gasteiger partial charge on any atom is 0.150 e. The zero-order valence-electron chi connectivity index (χ0n) is 10.4. The topological polar surface area (TPSA) is 26.3 Å². The third-order valence-electron chi connectivity index (χ3n) is 2.63. The molecule has 0 aliphatic heterocycles. The van der Waals surface area contributed by atoms with Gasteiger partial charge in [0, 0.05) is 21.8 Å². The fourth-order valence-corrected chi connectivity index (χ4v) is 2.62. The minimum atomic E-state index is -0.251. The molecule has 2 aromatic rings. The van der Waals surface area contributed by atoms with Crippen molar-refractivity contribution in [3.05, 3.63) is 59.4 Å². The molecule has 0 aromatic heterocycles. The first-order valence-corrected chi connectivity index (χ1v) is 6.72. The molecule has 0 unspecified atom stereocenters. The Bertz CT molecular complexity index is 584. The second-order valence-corrected chi connectivity index (χ2v) is 4.98. The highest BCUT2D eigenvalue weighted by Crippen LogP contribution is 2.28. The zero-order chi connectivity index (χ0) is 13.7. The molecule has 0 saturated heterocycles. The van der Waals surface area contributed by atoms with Crippen molar-refractivity contribution < 1.29 is 13.9 Å². The SMILES string of the molecule is COc1ccc(C=O)cc1CSc1cccc(F)c1. The van der Waals surface area contributed by atoms with E-state index in [1.807, 2.05) is 6.07 Å². The highest BCUT2D eigenvalue weighted by molar-refractivity contribution is 7.98. The molecule has 0 saturated carbocycles. The number of rotatable bonds is 5. The van der Waals surface area contributed by atoms with Crippen molar-refractivity contribution >= 4 is 18.0 Å². The summed E-state index contributed by atoms with van der Waals surface area (Å²) in [6.07, 6.45) is 0.801. The standard InChI is InChI=1S/C15H13FO2S/c1-18-15-6-5-11(9-17)7-12(15)10-19-14-4-2-3-13(16)8-14/h2-9H,10H2,1H3. The van der Waals surface area contributed by atoms with Gasteiger partial charge in [-0.2, -0.15) is 0 Å². The average Bonchev–Trinajstić information content (AvgIpc) is 2.45. The minimum absolute atomic E-state index is 0.251. The number of carbonyl (C=O) groups excluding carboxylic acids is 1. The molecule has 98 valence electrons. The molecule has 2 aromatic carbocycles. The fraction of sp³-hybridized carbons (Fsp3) is 0.133. The Hall–Kier alpha value is -1.81. The molecular formula is C15H13FO2S. The summed E-state index contributed by atoms with van der Waals surface area (Å²) in [7, 11) is 1.59. The number of methoxy groups -OCH3 is 1. The third-order valence-corrected chi connectivity index (χ3v) is 3.67. The Kier molecular flexibility index (Phi) is 4.58. The molecule has 0 radical (unpaired) electrons. The van der Waals surface area contributed by atoms with Crippen LogP contribution in [-0.4, -0.2) is 13.4 Å². The monoisotopic (exact) mass is 276 g/mol. The van der Waals surface area contributed by atoms with Crippen molar-refractivity contribution in [3.63, 3.8) is 0 Å². The number of aldehydes is 1. The number of carbonyl (C=O) groups is 1. The summed E-state index contributed by atoms with van der Waals surface area (Å²) in [5, 5.41) is 0. The lowest BCUT2D eigenvalue weighted by atomic mass is 10.1. The van der Waals surface area contributed by atoms with Gasteiger partial charge in [-0.05, 0) is 36.4 Å². The third kappa shape index (κ3) is 3.58. The van der Waals surface area contributed by atoms with Crippen LogP contribution in [0.4, 0.5) is 4.39 Å². The quantitative estimate of drug-likeness (QED) is 0.611. The van der Waals surface area contributed by atoms with E-state index in [0.717, 1.165) is 22.5 Å². The maximum absolute atomic E-state index is 13.1. The smallest absolute Gasteiger partial charge is 0.150 e. The Balaban J connectivity index is 2.16. The first kappa shape index (κ1) is 13.6. The summed E-state index contributed by atoms with van der Waals surface area (Å²) in [6.45, 7) is 0. The molecule has 0 spiro atoms. The van der Waals surface area contributed by atoms with Gasteiger partial charge in [0.05, 0.1) is 7.11 Å². The first-order chi connectivity index (χ1) is 9.22. The zero-order valence-corrected chi connectivity index (χ0v) is 11.2. The van der Waals surface area contributed by atoms with E-state index in [9.17, 15) is 9.18 Å². The highest BCUT2D eigenvalue weighted by Gasteiger charge is 2.05. The van der Waals surface area contributed by atoms with Crippen LogP contribution in [0.25, 0.3) is 0 Å². The van der Waals surface area contributed by atoms with Gasteiger partial charge in [-0.1, -0.05) is 6.07 Å². The van der Waals surface area contributed by atoms with Gasteiger partial charge in [0.15, 0.2) is 0 Å². The largest absolute Gasteiger partial charge is 0.496 e. The predicted octanol–water partition coefficient (Wildman–Crippen LogP) is 3.94. The predicted molar refractivity (Wildman–Crippen MR) is 74.3 cm³/mol. The second-order valence-electron chi connectivity index (χ2n) is 3.94. The van der Waals surface area contributed by atoms with Gasteiger partial charge in [-0.3, -0.25) is 4.79 Å². The van der Waals surface area contributed by atoms with Crippen LogP contribution in [-0.2, 0) is 5.75 Å². The van der Waals surface area contributed by atoms with E-state index in [1.54, 1.807) is 31.4 Å². The van der Waals surface area contributed by atoms with Gasteiger partial charge < -0.3 is 4.74 Å². The second kappa shape index (κ2) is 6.38. The molecule has 0 aliphatic carbocycles. The van der Waals surface area contributed by atoms with Gasteiger partial charge >= 0.3 is 0 Å². The highest BCUT2D eigenvalue weighted by atomic mass is 32.2. The summed E-state index contributed by atoms with van der Waals surface area (Å²) < 4.78 is 18.3. The minimum Gasteiger partial charge on any atom is -0.496 e. The Morgan fingerprint density at radius 1 is 1.26 bits per heavy atom. The summed E-state index contributed by atoms with van der Waals surface area (Å²) in [5.74, 6) is 1.10. The summed E-state index contributed by atoms with van der Waals surface area (Å²) in [4.78, 5) is 11.6. The fourth-order valence-electron chi connectivity index (χ4n) is 1.70. The Morgan fingerprint density at radius 3 is 2.79 bits per heavy atom. The lowest BCUT2D eigenvalue weighted by molar-refractivity contribution is 0.112. The van der Waals surface area contributed by atoms with Crippen LogP contribution >= 0.6 is 11.8 Å². The van der Waals surface area contributed by atoms with Gasteiger partial charge in [-0.15, -0.1) is 11.8 Å². The first-order valence-electron chi connectivity index (χ1n) is 5.73. The van der Waals surface area contributed by atoms with Crippen molar-refractivity contribution in [2.75, 3.05) is 7.11 Å². The Morgan fingerprint density at radius 2 is 2.11 bits per heavy atom. The molecule has 4 heteroatoms. The van der Waals surface area contributed by atoms with Crippen LogP contribution in [0.2, 0.25) is 0 Å². The van der Waals surface area contributed by atoms with Gasteiger partial charge in [0.2, 0.25) is 0 Å².